The molecule has 1 aliphatic carbocycles. The number of rotatable bonds is 2. The highest BCUT2D eigenvalue weighted by Gasteiger charge is 2.18. The lowest BCUT2D eigenvalue weighted by Gasteiger charge is -2.25. The van der Waals surface area contributed by atoms with E-state index in [1.807, 2.05) is 7.05 Å². The molecule has 14 heavy (non-hydrogen) atoms. The number of methoxy groups -OCH3 is 1. The summed E-state index contributed by atoms with van der Waals surface area (Å²) < 4.78 is 5.23. The summed E-state index contributed by atoms with van der Waals surface area (Å²) in [6.07, 6.45) is 3.70. The molecule has 0 radical (unpaired) electrons. The van der Waals surface area contributed by atoms with Crippen LogP contribution in [0.4, 0.5) is 0 Å². The number of fused-ring (bicyclic) bond motifs is 1. The zero-order valence-electron chi connectivity index (χ0n) is 8.84. The minimum atomic E-state index is 0.532. The highest BCUT2D eigenvalue weighted by atomic mass is 16.5. The van der Waals surface area contributed by atoms with Crippen LogP contribution in [0.2, 0.25) is 0 Å². The molecule has 2 heteroatoms. The molecule has 1 aromatic carbocycles. The lowest BCUT2D eigenvalue weighted by atomic mass is 9.88. The zero-order valence-corrected chi connectivity index (χ0v) is 8.84. The molecule has 0 spiro atoms. The van der Waals surface area contributed by atoms with Crippen molar-refractivity contribution in [1.29, 1.82) is 0 Å². The fourth-order valence-electron chi connectivity index (χ4n) is 2.22. The average molecular weight is 191 g/mol. The van der Waals surface area contributed by atoms with E-state index >= 15 is 0 Å². The highest BCUT2D eigenvalue weighted by molar-refractivity contribution is 5.38. The van der Waals surface area contributed by atoms with Gasteiger partial charge in [-0.1, -0.05) is 6.07 Å². The van der Waals surface area contributed by atoms with Crippen LogP contribution in [0.1, 0.15) is 30.0 Å². The van der Waals surface area contributed by atoms with Gasteiger partial charge in [0.05, 0.1) is 7.11 Å². The quantitative estimate of drug-likeness (QED) is 0.774. The monoisotopic (exact) mass is 191 g/mol. The van der Waals surface area contributed by atoms with Crippen molar-refractivity contribution in [1.82, 2.24) is 5.32 Å². The van der Waals surface area contributed by atoms with Gasteiger partial charge in [-0.25, -0.2) is 0 Å². The van der Waals surface area contributed by atoms with Crippen molar-refractivity contribution in [2.45, 2.75) is 25.3 Å². The second kappa shape index (κ2) is 4.01. The van der Waals surface area contributed by atoms with E-state index in [1.165, 1.54) is 30.4 Å². The molecule has 2 rings (SSSR count). The van der Waals surface area contributed by atoms with E-state index in [0.717, 1.165) is 5.75 Å². The van der Waals surface area contributed by atoms with Crippen molar-refractivity contribution in [3.05, 3.63) is 29.3 Å². The third-order valence-electron chi connectivity index (χ3n) is 3.01. The molecule has 0 saturated heterocycles. The Balaban J connectivity index is 2.35. The SMILES string of the molecule is CN[C@H]1CCCc2cc(OC)ccc21. The summed E-state index contributed by atoms with van der Waals surface area (Å²) in [6.45, 7) is 0. The van der Waals surface area contributed by atoms with Gasteiger partial charge in [0.25, 0.3) is 0 Å². The van der Waals surface area contributed by atoms with Gasteiger partial charge in [-0.2, -0.15) is 0 Å². The van der Waals surface area contributed by atoms with Gasteiger partial charge in [0.2, 0.25) is 0 Å². The van der Waals surface area contributed by atoms with E-state index < -0.39 is 0 Å². The van der Waals surface area contributed by atoms with Gasteiger partial charge in [-0.3, -0.25) is 0 Å². The number of aryl methyl sites for hydroxylation is 1. The van der Waals surface area contributed by atoms with E-state index in [0.29, 0.717) is 6.04 Å². The number of ether oxygens (including phenoxy) is 1. The van der Waals surface area contributed by atoms with Crippen molar-refractivity contribution in [2.75, 3.05) is 14.2 Å². The average Bonchev–Trinajstić information content (AvgIpc) is 2.27. The van der Waals surface area contributed by atoms with Crippen LogP contribution < -0.4 is 10.1 Å². The molecule has 0 aromatic heterocycles. The topological polar surface area (TPSA) is 21.3 Å². The molecule has 0 amide bonds. The first-order valence-electron chi connectivity index (χ1n) is 5.19. The minimum Gasteiger partial charge on any atom is -0.497 e. The van der Waals surface area contributed by atoms with Crippen LogP contribution in [0.15, 0.2) is 18.2 Å². The van der Waals surface area contributed by atoms with Gasteiger partial charge < -0.3 is 10.1 Å². The second-order valence-electron chi connectivity index (χ2n) is 3.80. The maximum Gasteiger partial charge on any atom is 0.119 e. The first-order chi connectivity index (χ1) is 6.85. The first-order valence-corrected chi connectivity index (χ1v) is 5.19. The van der Waals surface area contributed by atoms with Gasteiger partial charge in [-0.05, 0) is 49.6 Å². The molecular formula is C12H17NO. The Kier molecular flexibility index (Phi) is 2.73. The molecule has 1 N–H and O–H groups in total. The molecule has 0 bridgehead atoms. The number of nitrogens with one attached hydrogen (secondary N) is 1. The van der Waals surface area contributed by atoms with Crippen LogP contribution in [-0.4, -0.2) is 14.2 Å². The number of benzene rings is 1. The largest absolute Gasteiger partial charge is 0.497 e. The van der Waals surface area contributed by atoms with Crippen LogP contribution in [0.5, 0.6) is 5.75 Å². The molecule has 1 atom stereocenters. The summed E-state index contributed by atoms with van der Waals surface area (Å²) in [4.78, 5) is 0. The third-order valence-corrected chi connectivity index (χ3v) is 3.01. The molecule has 0 saturated carbocycles. The predicted octanol–water partition coefficient (Wildman–Crippen LogP) is 2.29. The van der Waals surface area contributed by atoms with Crippen molar-refractivity contribution < 1.29 is 4.74 Å². The summed E-state index contributed by atoms with van der Waals surface area (Å²) in [5, 5.41) is 3.36. The molecule has 0 aliphatic heterocycles. The number of hydrogen-bond donors (Lipinski definition) is 1. The maximum atomic E-state index is 5.23. The molecular weight excluding hydrogens is 174 g/mol. The van der Waals surface area contributed by atoms with E-state index in [4.69, 9.17) is 4.74 Å². The smallest absolute Gasteiger partial charge is 0.119 e. The fourth-order valence-corrected chi connectivity index (χ4v) is 2.22. The predicted molar refractivity (Wildman–Crippen MR) is 57.7 cm³/mol. The summed E-state index contributed by atoms with van der Waals surface area (Å²) in [5.41, 5.74) is 2.88. The molecule has 0 fully saturated rings. The van der Waals surface area contributed by atoms with Crippen LogP contribution in [-0.2, 0) is 6.42 Å². The Morgan fingerprint density at radius 3 is 3.00 bits per heavy atom. The zero-order chi connectivity index (χ0) is 9.97. The van der Waals surface area contributed by atoms with E-state index in [9.17, 15) is 0 Å². The second-order valence-corrected chi connectivity index (χ2v) is 3.80. The standard InChI is InChI=1S/C12H17NO/c1-13-12-5-3-4-9-8-10(14-2)6-7-11(9)12/h6-8,12-13H,3-5H2,1-2H3/t12-/m0/s1. The van der Waals surface area contributed by atoms with Gasteiger partial charge in [0, 0.05) is 6.04 Å². The van der Waals surface area contributed by atoms with Crippen LogP contribution in [0.3, 0.4) is 0 Å². The number of hydrogen-bond acceptors (Lipinski definition) is 2. The summed E-state index contributed by atoms with van der Waals surface area (Å²) >= 11 is 0. The highest BCUT2D eigenvalue weighted by Crippen LogP contribution is 2.31. The van der Waals surface area contributed by atoms with E-state index in [1.54, 1.807) is 7.11 Å². The Morgan fingerprint density at radius 1 is 1.43 bits per heavy atom. The van der Waals surface area contributed by atoms with Crippen molar-refractivity contribution in [2.24, 2.45) is 0 Å². The van der Waals surface area contributed by atoms with Crippen LogP contribution in [0, 0.1) is 0 Å². The summed E-state index contributed by atoms with van der Waals surface area (Å²) in [5.74, 6) is 0.973. The maximum absolute atomic E-state index is 5.23. The van der Waals surface area contributed by atoms with Crippen molar-refractivity contribution in [3.63, 3.8) is 0 Å². The lowest BCUT2D eigenvalue weighted by Crippen LogP contribution is -2.21. The molecule has 1 aromatic rings. The minimum absolute atomic E-state index is 0.532. The Hall–Kier alpha value is -1.02. The first kappa shape index (κ1) is 9.53. The van der Waals surface area contributed by atoms with Crippen molar-refractivity contribution >= 4 is 0 Å². The summed E-state index contributed by atoms with van der Waals surface area (Å²) in [7, 11) is 3.75. The van der Waals surface area contributed by atoms with Gasteiger partial charge in [0.15, 0.2) is 0 Å². The molecule has 0 heterocycles. The van der Waals surface area contributed by atoms with Gasteiger partial charge in [-0.15, -0.1) is 0 Å². The Labute approximate surface area is 85.3 Å². The fraction of sp³-hybridized carbons (Fsp3) is 0.500. The third kappa shape index (κ3) is 1.62. The summed E-state index contributed by atoms with van der Waals surface area (Å²) in [6, 6.07) is 6.94. The molecule has 0 unspecified atom stereocenters. The lowest BCUT2D eigenvalue weighted by molar-refractivity contribution is 0.412. The van der Waals surface area contributed by atoms with Gasteiger partial charge >= 0.3 is 0 Å². The Bertz CT molecular complexity index is 322. The Morgan fingerprint density at radius 2 is 2.29 bits per heavy atom. The molecule has 1 aliphatic rings. The van der Waals surface area contributed by atoms with E-state index in [2.05, 4.69) is 23.5 Å². The van der Waals surface area contributed by atoms with Crippen LogP contribution >= 0.6 is 0 Å². The van der Waals surface area contributed by atoms with Crippen molar-refractivity contribution in [3.8, 4) is 5.75 Å². The van der Waals surface area contributed by atoms with Gasteiger partial charge in [0.1, 0.15) is 5.75 Å². The normalized spacial score (nSPS) is 20.3. The van der Waals surface area contributed by atoms with Crippen LogP contribution in [0.25, 0.3) is 0 Å². The molecule has 76 valence electrons. The van der Waals surface area contributed by atoms with E-state index in [-0.39, 0.29) is 0 Å². The molecule has 2 nitrogen and oxygen atoms in total.